The van der Waals surface area contributed by atoms with Crippen LogP contribution < -0.4 is 10.6 Å². The van der Waals surface area contributed by atoms with Gasteiger partial charge < -0.3 is 6.15 Å². The van der Waals surface area contributed by atoms with E-state index < -0.39 is 0 Å². The molecule has 0 atom stereocenters. The van der Waals surface area contributed by atoms with Crippen LogP contribution in [0.3, 0.4) is 0 Å². The average molecular weight is 454 g/mol. The van der Waals surface area contributed by atoms with Gasteiger partial charge in [-0.1, -0.05) is 0 Å². The summed E-state index contributed by atoms with van der Waals surface area (Å²) in [7, 11) is 0. The number of hydrogen-bond acceptors (Lipinski definition) is 3. The molecule has 0 bridgehead atoms. The van der Waals surface area contributed by atoms with Crippen molar-refractivity contribution in [2.24, 2.45) is 0 Å². The number of hydrogen-bond donors (Lipinski definition) is 1. The van der Waals surface area contributed by atoms with E-state index in [1.807, 2.05) is 18.2 Å². The van der Waals surface area contributed by atoms with Crippen LogP contribution in [-0.4, -0.2) is 9.97 Å². The van der Waals surface area contributed by atoms with Crippen molar-refractivity contribution < 1.29 is 15.0 Å². The molecule has 146 valence electrons. The molecule has 6 heteroatoms. The number of pyridine rings is 2. The van der Waals surface area contributed by atoms with Gasteiger partial charge in [-0.2, -0.15) is 0 Å². The molecule has 3 N–H and O–H groups in total. The summed E-state index contributed by atoms with van der Waals surface area (Å²) in [6.07, 6.45) is 0. The predicted octanol–water partition coefficient (Wildman–Crippen LogP) is 6.02. The topological polar surface area (TPSA) is 60.8 Å². The largest absolute Gasteiger partial charge is 0.344 e. The van der Waals surface area contributed by atoms with Gasteiger partial charge >= 0.3 is 164 Å². The molecular weight excluding hydrogens is 433 g/mol. The maximum Gasteiger partial charge on any atom is -0.147 e. The van der Waals surface area contributed by atoms with Crippen molar-refractivity contribution in [2.45, 2.75) is 13.8 Å². The van der Waals surface area contributed by atoms with E-state index in [4.69, 9.17) is 16.6 Å². The molecule has 0 aliphatic heterocycles. The first-order valence-corrected chi connectivity index (χ1v) is 9.75. The minimum absolute atomic E-state index is 0. The van der Waals surface area contributed by atoms with Crippen LogP contribution in [0.25, 0.3) is 26.3 Å². The molecule has 0 spiro atoms. The van der Waals surface area contributed by atoms with Gasteiger partial charge in [0.25, 0.3) is 0 Å². The maximum atomic E-state index is 6.11. The van der Waals surface area contributed by atoms with Crippen LogP contribution in [0.15, 0.2) is 61.2 Å². The molecule has 2 aromatic carbocycles. The van der Waals surface area contributed by atoms with Gasteiger partial charge in [0.15, 0.2) is 0 Å². The summed E-state index contributed by atoms with van der Waals surface area (Å²) in [5.74, 6) is 0. The van der Waals surface area contributed by atoms with Crippen molar-refractivity contribution in [3.05, 3.63) is 83.2 Å². The van der Waals surface area contributed by atoms with Crippen LogP contribution in [-0.2, 0) is 15.0 Å². The smallest absolute Gasteiger partial charge is 0.147 e. The van der Waals surface area contributed by atoms with Gasteiger partial charge in [-0.25, -0.2) is 0 Å². The molecule has 0 aliphatic carbocycles. The molecule has 0 radical (unpaired) electrons. The normalized spacial score (nSPS) is 10.5. The Morgan fingerprint density at radius 1 is 0.857 bits per heavy atom. The molecule has 28 heavy (non-hydrogen) atoms. The molecule has 0 aliphatic rings. The van der Waals surface area contributed by atoms with Gasteiger partial charge in [-0.05, 0) is 0 Å². The summed E-state index contributed by atoms with van der Waals surface area (Å²) in [6.45, 7) is 8.58. The third kappa shape index (κ3) is 4.22. The zero-order chi connectivity index (χ0) is 18.3. The second kappa shape index (κ2) is 9.04. The number of halogens is 2. The Morgan fingerprint density at radius 3 is 2.04 bits per heavy atom. The molecule has 4 aromatic rings. The molecule has 0 saturated heterocycles. The van der Waals surface area contributed by atoms with Crippen LogP contribution in [0.4, 0.5) is 0 Å². The number of aryl methyl sites for hydroxylation is 2. The molecule has 3 nitrogen and oxygen atoms in total. The molecule has 0 saturated carbocycles. The molecule has 0 unspecified atom stereocenters. The van der Waals surface area contributed by atoms with Gasteiger partial charge in [0, 0.05) is 0 Å². The first-order chi connectivity index (χ1) is 12.5. The first-order valence-electron chi connectivity index (χ1n) is 8.27. The Labute approximate surface area is 182 Å². The Morgan fingerprint density at radius 2 is 1.39 bits per heavy atom. The van der Waals surface area contributed by atoms with E-state index in [9.17, 15) is 0 Å². The standard InChI is InChI=1S/C14H8ClN2.C8H9.ClH.Fe.H3N/c1-2-11-7-5-9-3-4-10-6-8-12(15)17-14(10)13(9)16-11;1-7-4-3-5-8(2)6-7;;;/h3-8H,1H2;3-5H,1-2H3;1H;;1H3. The van der Waals surface area contributed by atoms with Crippen LogP contribution in [0.2, 0.25) is 5.15 Å². The van der Waals surface area contributed by atoms with Crippen molar-refractivity contribution in [3.8, 4) is 0 Å². The van der Waals surface area contributed by atoms with Crippen LogP contribution in [0.5, 0.6) is 0 Å². The van der Waals surface area contributed by atoms with Gasteiger partial charge in [0.2, 0.25) is 0 Å². The van der Waals surface area contributed by atoms with Crippen molar-refractivity contribution in [2.75, 3.05) is 0 Å². The Bertz CT molecular complexity index is 1150. The Hall–Kier alpha value is -1.94. The van der Waals surface area contributed by atoms with Crippen LogP contribution in [0.1, 0.15) is 16.8 Å². The maximum absolute atomic E-state index is 6.11. The van der Waals surface area contributed by atoms with Gasteiger partial charge in [-0.15, -0.1) is 12.4 Å². The van der Waals surface area contributed by atoms with E-state index >= 15 is 0 Å². The number of fused-ring (bicyclic) bond motifs is 3. The fourth-order valence-corrected chi connectivity index (χ4v) is 4.37. The predicted molar refractivity (Wildman–Crippen MR) is 119 cm³/mol. The summed E-state index contributed by atoms with van der Waals surface area (Å²) in [5, 5.41) is 2.56. The average Bonchev–Trinajstić information content (AvgIpc) is 2.64. The molecule has 2 aromatic heterocycles. The fraction of sp³-hybridized carbons (Fsp3) is 0.0909. The summed E-state index contributed by atoms with van der Waals surface area (Å²) >= 11 is 6.89. The second-order valence-electron chi connectivity index (χ2n) is 6.21. The molecule has 0 amide bonds. The van der Waals surface area contributed by atoms with Crippen LogP contribution >= 0.6 is 24.0 Å². The molecular formula is C22H21Cl2FeN3. The minimum atomic E-state index is 0. The van der Waals surface area contributed by atoms with E-state index in [1.54, 1.807) is 6.07 Å². The summed E-state index contributed by atoms with van der Waals surface area (Å²) in [4.78, 5) is 9.37. The zero-order valence-corrected chi connectivity index (χ0v) is 18.3. The number of aromatic nitrogens is 2. The third-order valence-corrected chi connectivity index (χ3v) is 6.29. The number of nitrogens with zero attached hydrogens (tertiary/aromatic N) is 2. The quantitative estimate of drug-likeness (QED) is 0.234. The fourth-order valence-electron chi connectivity index (χ4n) is 2.97. The van der Waals surface area contributed by atoms with Crippen LogP contribution in [0, 0.1) is 13.8 Å². The van der Waals surface area contributed by atoms with E-state index in [1.165, 1.54) is 15.6 Å². The zero-order valence-electron chi connectivity index (χ0n) is 15.6. The Balaban J connectivity index is 0.00000140. The van der Waals surface area contributed by atoms with Gasteiger partial charge in [0.05, 0.1) is 0 Å². The van der Waals surface area contributed by atoms with E-state index in [-0.39, 0.29) is 18.6 Å². The Kier molecular flexibility index (Phi) is 7.22. The number of rotatable bonds is 3. The SMILES string of the molecule is C=[C]([Fe][c]1c(C)cccc1C)c1ccc2ccc3ccc(Cl)nc3c2n1.Cl.N. The molecule has 2 heterocycles. The summed E-state index contributed by atoms with van der Waals surface area (Å²) in [6, 6.07) is 18.4. The second-order valence-corrected chi connectivity index (χ2v) is 8.09. The third-order valence-electron chi connectivity index (χ3n) is 4.32. The summed E-state index contributed by atoms with van der Waals surface area (Å²) < 4.78 is 2.32. The first kappa shape index (κ1) is 22.3. The van der Waals surface area contributed by atoms with Crippen molar-refractivity contribution >= 4 is 54.7 Å². The minimum Gasteiger partial charge on any atom is -0.344 e. The van der Waals surface area contributed by atoms with Gasteiger partial charge in [0.1, 0.15) is 0 Å². The van der Waals surface area contributed by atoms with E-state index in [2.05, 4.69) is 55.7 Å². The monoisotopic (exact) mass is 453 g/mol. The van der Waals surface area contributed by atoms with E-state index in [0.717, 1.165) is 46.9 Å². The van der Waals surface area contributed by atoms with Crippen molar-refractivity contribution in [1.29, 1.82) is 0 Å². The molecule has 0 fully saturated rings. The summed E-state index contributed by atoms with van der Waals surface area (Å²) in [5.41, 5.74) is 5.16. The van der Waals surface area contributed by atoms with Crippen molar-refractivity contribution in [3.63, 3.8) is 0 Å². The van der Waals surface area contributed by atoms with Crippen molar-refractivity contribution in [1.82, 2.24) is 16.1 Å². The number of benzene rings is 2. The van der Waals surface area contributed by atoms with Gasteiger partial charge in [-0.3, -0.25) is 0 Å². The molecule has 4 rings (SSSR count). The van der Waals surface area contributed by atoms with E-state index in [0.29, 0.717) is 5.15 Å².